The van der Waals surface area contributed by atoms with Gasteiger partial charge in [0.05, 0.1) is 11.1 Å². The number of hydrogen-bond donors (Lipinski definition) is 2. The Kier molecular flexibility index (Phi) is 7.69. The molecule has 2 N–H and O–H groups in total. The molecule has 2 rings (SSSR count). The van der Waals surface area contributed by atoms with Gasteiger partial charge in [-0.05, 0) is 49.3 Å². The van der Waals surface area contributed by atoms with Gasteiger partial charge in [-0.1, -0.05) is 24.3 Å². The third-order valence-corrected chi connectivity index (χ3v) is 4.24. The highest BCUT2D eigenvalue weighted by molar-refractivity contribution is 7.80. The van der Waals surface area contributed by atoms with Crippen LogP contribution in [0.4, 0.5) is 11.4 Å². The van der Waals surface area contributed by atoms with Crippen molar-refractivity contribution in [3.8, 4) is 0 Å². The number of hydrazone groups is 1. The summed E-state index contributed by atoms with van der Waals surface area (Å²) in [5.41, 5.74) is 5.87. The number of benzene rings is 2. The SMILES string of the molecule is CCN(CC)c1ccc(/C=N\NC(=S)NCc2ccc([N+](=O)[O-])cc2)cc1. The van der Waals surface area contributed by atoms with E-state index in [-0.39, 0.29) is 5.69 Å². The van der Waals surface area contributed by atoms with E-state index in [0.29, 0.717) is 11.7 Å². The summed E-state index contributed by atoms with van der Waals surface area (Å²) in [6.45, 7) is 6.67. The third-order valence-electron chi connectivity index (χ3n) is 4.00. The minimum atomic E-state index is -0.424. The van der Waals surface area contributed by atoms with Crippen molar-refractivity contribution in [2.45, 2.75) is 20.4 Å². The van der Waals surface area contributed by atoms with E-state index in [1.54, 1.807) is 18.3 Å². The Morgan fingerprint density at radius 1 is 1.15 bits per heavy atom. The quantitative estimate of drug-likeness (QED) is 0.313. The maximum Gasteiger partial charge on any atom is 0.269 e. The normalized spacial score (nSPS) is 10.6. The minimum absolute atomic E-state index is 0.0658. The van der Waals surface area contributed by atoms with E-state index >= 15 is 0 Å². The van der Waals surface area contributed by atoms with Crippen LogP contribution >= 0.6 is 12.2 Å². The Bertz CT molecular complexity index is 787. The topological polar surface area (TPSA) is 82.8 Å². The number of non-ortho nitro benzene ring substituents is 1. The summed E-state index contributed by atoms with van der Waals surface area (Å²) in [6.07, 6.45) is 1.70. The van der Waals surface area contributed by atoms with E-state index in [1.165, 1.54) is 17.8 Å². The summed E-state index contributed by atoms with van der Waals surface area (Å²) < 4.78 is 0. The second-order valence-corrected chi connectivity index (χ2v) is 6.15. The molecule has 0 atom stereocenters. The Morgan fingerprint density at radius 3 is 2.33 bits per heavy atom. The molecule has 0 aliphatic carbocycles. The van der Waals surface area contributed by atoms with Crippen LogP contribution in [0.1, 0.15) is 25.0 Å². The number of nitro benzene ring substituents is 1. The van der Waals surface area contributed by atoms with E-state index in [4.69, 9.17) is 12.2 Å². The monoisotopic (exact) mass is 385 g/mol. The number of nitrogens with zero attached hydrogens (tertiary/aromatic N) is 3. The van der Waals surface area contributed by atoms with Gasteiger partial charge < -0.3 is 10.2 Å². The largest absolute Gasteiger partial charge is 0.372 e. The average Bonchev–Trinajstić information content (AvgIpc) is 2.69. The Labute approximate surface area is 164 Å². The number of anilines is 1. The molecular weight excluding hydrogens is 362 g/mol. The van der Waals surface area contributed by atoms with Crippen LogP contribution in [0.15, 0.2) is 53.6 Å². The van der Waals surface area contributed by atoms with Crippen LogP contribution in [0.25, 0.3) is 0 Å². The molecule has 0 saturated heterocycles. The molecule has 142 valence electrons. The van der Waals surface area contributed by atoms with Crippen molar-refractivity contribution >= 4 is 34.9 Å². The van der Waals surface area contributed by atoms with Crippen molar-refractivity contribution in [3.05, 3.63) is 69.8 Å². The molecule has 0 aliphatic rings. The first-order valence-corrected chi connectivity index (χ1v) is 9.09. The number of rotatable bonds is 8. The number of nitrogens with one attached hydrogen (secondary N) is 2. The number of hydrogen-bond acceptors (Lipinski definition) is 5. The molecule has 8 heteroatoms. The molecule has 0 aromatic heterocycles. The highest BCUT2D eigenvalue weighted by Gasteiger charge is 2.04. The van der Waals surface area contributed by atoms with Gasteiger partial charge in [-0.15, -0.1) is 0 Å². The Hall–Kier alpha value is -3.00. The second kappa shape index (κ2) is 10.2. The third kappa shape index (κ3) is 6.34. The molecule has 27 heavy (non-hydrogen) atoms. The van der Waals surface area contributed by atoms with Crippen molar-refractivity contribution in [2.75, 3.05) is 18.0 Å². The van der Waals surface area contributed by atoms with E-state index in [1.807, 2.05) is 12.1 Å². The Morgan fingerprint density at radius 2 is 1.78 bits per heavy atom. The van der Waals surface area contributed by atoms with E-state index in [9.17, 15) is 10.1 Å². The molecule has 2 aromatic carbocycles. The summed E-state index contributed by atoms with van der Waals surface area (Å²) in [6, 6.07) is 14.5. The van der Waals surface area contributed by atoms with Gasteiger partial charge in [0.15, 0.2) is 5.11 Å². The van der Waals surface area contributed by atoms with Gasteiger partial charge in [-0.2, -0.15) is 5.10 Å². The lowest BCUT2D eigenvalue weighted by Gasteiger charge is -2.20. The predicted molar refractivity (Wildman–Crippen MR) is 113 cm³/mol. The highest BCUT2D eigenvalue weighted by Crippen LogP contribution is 2.14. The van der Waals surface area contributed by atoms with Crippen LogP contribution < -0.4 is 15.6 Å². The number of thiocarbonyl (C=S) groups is 1. The highest BCUT2D eigenvalue weighted by atomic mass is 32.1. The summed E-state index contributed by atoms with van der Waals surface area (Å²) in [4.78, 5) is 12.5. The summed E-state index contributed by atoms with van der Waals surface area (Å²) in [7, 11) is 0. The van der Waals surface area contributed by atoms with Gasteiger partial charge >= 0.3 is 0 Å². The fourth-order valence-corrected chi connectivity index (χ4v) is 2.61. The van der Waals surface area contributed by atoms with Gasteiger partial charge in [0.2, 0.25) is 0 Å². The van der Waals surface area contributed by atoms with Crippen LogP contribution in [-0.4, -0.2) is 29.3 Å². The van der Waals surface area contributed by atoms with Crippen LogP contribution in [0.2, 0.25) is 0 Å². The van der Waals surface area contributed by atoms with Gasteiger partial charge in [-0.25, -0.2) is 0 Å². The predicted octanol–water partition coefficient (Wildman–Crippen LogP) is 3.44. The zero-order valence-corrected chi connectivity index (χ0v) is 16.2. The van der Waals surface area contributed by atoms with Gasteiger partial charge in [0.1, 0.15) is 0 Å². The van der Waals surface area contributed by atoms with Crippen LogP contribution in [0.5, 0.6) is 0 Å². The molecule has 0 fully saturated rings. The van der Waals surface area contributed by atoms with E-state index in [2.05, 4.69) is 46.7 Å². The lowest BCUT2D eigenvalue weighted by Crippen LogP contribution is -2.31. The first kappa shape index (κ1) is 20.3. The molecule has 0 amide bonds. The maximum absolute atomic E-state index is 10.6. The standard InChI is InChI=1S/C19H23N5O2S/c1-3-23(4-2)17-9-5-16(6-10-17)14-21-22-19(27)20-13-15-7-11-18(12-8-15)24(25)26/h5-12,14H,3-4,13H2,1-2H3,(H2,20,22,27)/b21-14-. The van der Waals surface area contributed by atoms with Crippen molar-refractivity contribution in [1.82, 2.24) is 10.7 Å². The van der Waals surface area contributed by atoms with Crippen molar-refractivity contribution < 1.29 is 4.92 Å². The molecule has 0 radical (unpaired) electrons. The van der Waals surface area contributed by atoms with E-state index < -0.39 is 4.92 Å². The van der Waals surface area contributed by atoms with Crippen LogP contribution in [-0.2, 0) is 6.54 Å². The first-order chi connectivity index (χ1) is 13.0. The van der Waals surface area contributed by atoms with Crippen LogP contribution in [0.3, 0.4) is 0 Å². The van der Waals surface area contributed by atoms with E-state index in [0.717, 1.165) is 24.2 Å². The maximum atomic E-state index is 10.6. The fraction of sp³-hybridized carbons (Fsp3) is 0.263. The molecule has 0 aliphatic heterocycles. The molecule has 2 aromatic rings. The summed E-state index contributed by atoms with van der Waals surface area (Å²) in [5.74, 6) is 0. The minimum Gasteiger partial charge on any atom is -0.372 e. The second-order valence-electron chi connectivity index (χ2n) is 5.74. The molecule has 0 heterocycles. The lowest BCUT2D eigenvalue weighted by atomic mass is 10.2. The van der Waals surface area contributed by atoms with Gasteiger partial charge in [0, 0.05) is 37.5 Å². The first-order valence-electron chi connectivity index (χ1n) is 8.68. The zero-order valence-electron chi connectivity index (χ0n) is 15.4. The van der Waals surface area contributed by atoms with Crippen molar-refractivity contribution in [2.24, 2.45) is 5.10 Å². The number of nitro groups is 1. The zero-order chi connectivity index (χ0) is 19.6. The van der Waals surface area contributed by atoms with Gasteiger partial charge in [0.25, 0.3) is 5.69 Å². The molecule has 0 saturated carbocycles. The van der Waals surface area contributed by atoms with Crippen molar-refractivity contribution in [1.29, 1.82) is 0 Å². The summed E-state index contributed by atoms with van der Waals surface area (Å²) in [5, 5.41) is 18.1. The lowest BCUT2D eigenvalue weighted by molar-refractivity contribution is -0.384. The van der Waals surface area contributed by atoms with Crippen LogP contribution in [0, 0.1) is 10.1 Å². The van der Waals surface area contributed by atoms with Gasteiger partial charge in [-0.3, -0.25) is 15.5 Å². The molecule has 0 spiro atoms. The average molecular weight is 385 g/mol. The molecule has 0 bridgehead atoms. The molecule has 7 nitrogen and oxygen atoms in total. The summed E-state index contributed by atoms with van der Waals surface area (Å²) >= 11 is 5.17. The fourth-order valence-electron chi connectivity index (χ4n) is 2.48. The smallest absolute Gasteiger partial charge is 0.269 e. The Balaban J connectivity index is 1.80. The molecular formula is C19H23N5O2S. The molecule has 0 unspecified atom stereocenters. The van der Waals surface area contributed by atoms with Crippen molar-refractivity contribution in [3.63, 3.8) is 0 Å².